The first kappa shape index (κ1) is 15.4. The molecule has 0 unspecified atom stereocenters. The summed E-state index contributed by atoms with van der Waals surface area (Å²) in [4.78, 5) is 11.7. The molecule has 0 heterocycles. The minimum absolute atomic E-state index is 0.0891. The molecule has 0 bridgehead atoms. The zero-order chi connectivity index (χ0) is 15.4. The Labute approximate surface area is 122 Å². The van der Waals surface area contributed by atoms with E-state index in [0.29, 0.717) is 6.07 Å². The third-order valence-electron chi connectivity index (χ3n) is 2.46. The fourth-order valence-electron chi connectivity index (χ4n) is 1.52. The van der Waals surface area contributed by atoms with Gasteiger partial charge in [0.1, 0.15) is 23.3 Å². The molecule has 21 heavy (non-hydrogen) atoms. The smallest absolute Gasteiger partial charge is 0.234 e. The summed E-state index contributed by atoms with van der Waals surface area (Å²) in [5, 5.41) is 2.18. The molecule has 0 spiro atoms. The Hall–Kier alpha value is -2.02. The average molecular weight is 315 g/mol. The molecular formula is C14H9F4NOS. The molecule has 7 heteroatoms. The number of nitrogens with one attached hydrogen (secondary N) is 1. The van der Waals surface area contributed by atoms with Gasteiger partial charge >= 0.3 is 0 Å². The van der Waals surface area contributed by atoms with E-state index < -0.39 is 29.2 Å². The lowest BCUT2D eigenvalue weighted by molar-refractivity contribution is -0.113. The maximum atomic E-state index is 13.3. The molecule has 2 rings (SSSR count). The topological polar surface area (TPSA) is 29.1 Å². The molecule has 2 aromatic carbocycles. The van der Waals surface area contributed by atoms with Gasteiger partial charge in [0.2, 0.25) is 5.91 Å². The zero-order valence-corrected chi connectivity index (χ0v) is 11.3. The molecule has 2 aromatic rings. The highest BCUT2D eigenvalue weighted by Crippen LogP contribution is 2.23. The van der Waals surface area contributed by atoms with E-state index in [-0.39, 0.29) is 16.3 Å². The number of halogens is 4. The predicted octanol–water partition coefficient (Wildman–Crippen LogP) is 3.97. The highest BCUT2D eigenvalue weighted by atomic mass is 32.2. The first-order valence-corrected chi connectivity index (χ1v) is 6.77. The Kier molecular flexibility index (Phi) is 4.85. The van der Waals surface area contributed by atoms with E-state index in [9.17, 15) is 22.4 Å². The molecule has 0 aliphatic rings. The average Bonchev–Trinajstić information content (AvgIpc) is 2.42. The van der Waals surface area contributed by atoms with Gasteiger partial charge in [0.05, 0.1) is 11.4 Å². The van der Waals surface area contributed by atoms with Crippen molar-refractivity contribution in [3.8, 4) is 0 Å². The van der Waals surface area contributed by atoms with Crippen LogP contribution in [0.25, 0.3) is 0 Å². The van der Waals surface area contributed by atoms with Crippen LogP contribution in [0, 0.1) is 23.3 Å². The summed E-state index contributed by atoms with van der Waals surface area (Å²) < 4.78 is 52.3. The number of hydrogen-bond donors (Lipinski definition) is 1. The Morgan fingerprint density at radius 2 is 1.62 bits per heavy atom. The summed E-state index contributed by atoms with van der Waals surface area (Å²) in [6, 6.07) is 5.62. The van der Waals surface area contributed by atoms with Crippen molar-refractivity contribution in [2.75, 3.05) is 11.1 Å². The molecule has 0 saturated heterocycles. The molecule has 0 saturated carbocycles. The number of benzene rings is 2. The van der Waals surface area contributed by atoms with Crippen molar-refractivity contribution in [1.82, 2.24) is 0 Å². The number of hydrogen-bond acceptors (Lipinski definition) is 2. The van der Waals surface area contributed by atoms with Crippen molar-refractivity contribution in [3.05, 3.63) is 59.7 Å². The fraction of sp³-hybridized carbons (Fsp3) is 0.0714. The van der Waals surface area contributed by atoms with Gasteiger partial charge in [0.25, 0.3) is 0 Å². The SMILES string of the molecule is O=C(CSc1ccc(F)cc1F)Nc1cc(F)ccc1F. The van der Waals surface area contributed by atoms with Crippen LogP contribution in [0.4, 0.5) is 23.2 Å². The highest BCUT2D eigenvalue weighted by Gasteiger charge is 2.11. The zero-order valence-electron chi connectivity index (χ0n) is 10.5. The molecule has 0 aromatic heterocycles. The molecule has 0 atom stereocenters. The van der Waals surface area contributed by atoms with Crippen LogP contribution < -0.4 is 5.32 Å². The molecule has 1 N–H and O–H groups in total. The van der Waals surface area contributed by atoms with Gasteiger partial charge in [-0.25, -0.2) is 17.6 Å². The molecule has 110 valence electrons. The van der Waals surface area contributed by atoms with Crippen LogP contribution >= 0.6 is 11.8 Å². The third kappa shape index (κ3) is 4.22. The summed E-state index contributed by atoms with van der Waals surface area (Å²) in [5.41, 5.74) is -0.292. The molecule has 0 aliphatic carbocycles. The first-order valence-electron chi connectivity index (χ1n) is 5.78. The van der Waals surface area contributed by atoms with Crippen LogP contribution in [0.5, 0.6) is 0 Å². The second-order valence-corrected chi connectivity index (χ2v) is 5.05. The van der Waals surface area contributed by atoms with Crippen molar-refractivity contribution in [3.63, 3.8) is 0 Å². The van der Waals surface area contributed by atoms with Gasteiger partial charge < -0.3 is 5.32 Å². The van der Waals surface area contributed by atoms with Gasteiger partial charge in [-0.15, -0.1) is 11.8 Å². The Morgan fingerprint density at radius 3 is 2.33 bits per heavy atom. The van der Waals surface area contributed by atoms with Crippen LogP contribution in [-0.2, 0) is 4.79 Å². The summed E-state index contributed by atoms with van der Waals surface area (Å²) >= 11 is 0.823. The van der Waals surface area contributed by atoms with E-state index in [1.165, 1.54) is 6.07 Å². The van der Waals surface area contributed by atoms with Gasteiger partial charge in [0.15, 0.2) is 0 Å². The van der Waals surface area contributed by atoms with Gasteiger partial charge in [0, 0.05) is 17.0 Å². The molecule has 0 radical (unpaired) electrons. The van der Waals surface area contributed by atoms with Crippen molar-refractivity contribution in [1.29, 1.82) is 0 Å². The quantitative estimate of drug-likeness (QED) is 0.683. The van der Waals surface area contributed by atoms with E-state index in [2.05, 4.69) is 5.32 Å². The van der Waals surface area contributed by atoms with Crippen LogP contribution in [0.1, 0.15) is 0 Å². The van der Waals surface area contributed by atoms with E-state index >= 15 is 0 Å². The maximum Gasteiger partial charge on any atom is 0.234 e. The second kappa shape index (κ2) is 6.62. The monoisotopic (exact) mass is 315 g/mol. The van der Waals surface area contributed by atoms with Gasteiger partial charge in [-0.05, 0) is 24.3 Å². The van der Waals surface area contributed by atoms with Gasteiger partial charge in [-0.3, -0.25) is 4.79 Å². The van der Waals surface area contributed by atoms with Gasteiger partial charge in [-0.2, -0.15) is 0 Å². The number of thioether (sulfide) groups is 1. The lowest BCUT2D eigenvalue weighted by atomic mass is 10.3. The Balaban J connectivity index is 1.97. The van der Waals surface area contributed by atoms with Crippen LogP contribution in [0.3, 0.4) is 0 Å². The standard InChI is InChI=1S/C14H9F4NOS/c15-8-2-4-13(11(18)5-8)21-7-14(20)19-12-6-9(16)1-3-10(12)17/h1-6H,7H2,(H,19,20). The second-order valence-electron chi connectivity index (χ2n) is 4.04. The summed E-state index contributed by atoms with van der Waals surface area (Å²) in [6.45, 7) is 0. The lowest BCUT2D eigenvalue weighted by Crippen LogP contribution is -2.15. The molecular weight excluding hydrogens is 306 g/mol. The number of rotatable bonds is 4. The number of carbonyl (C=O) groups is 1. The third-order valence-corrected chi connectivity index (χ3v) is 3.50. The largest absolute Gasteiger partial charge is 0.323 e. The Bertz CT molecular complexity index is 678. The van der Waals surface area contributed by atoms with Crippen molar-refractivity contribution >= 4 is 23.4 Å². The molecule has 1 amide bonds. The van der Waals surface area contributed by atoms with Crippen LogP contribution in [0.2, 0.25) is 0 Å². The minimum Gasteiger partial charge on any atom is -0.323 e. The lowest BCUT2D eigenvalue weighted by Gasteiger charge is -2.07. The summed E-state index contributed by atoms with van der Waals surface area (Å²) in [7, 11) is 0. The number of anilines is 1. The molecule has 0 aliphatic heterocycles. The van der Waals surface area contributed by atoms with E-state index in [0.717, 1.165) is 36.0 Å². The van der Waals surface area contributed by atoms with E-state index in [1.54, 1.807) is 0 Å². The van der Waals surface area contributed by atoms with Crippen molar-refractivity contribution in [2.45, 2.75) is 4.90 Å². The van der Waals surface area contributed by atoms with Crippen molar-refractivity contribution in [2.24, 2.45) is 0 Å². The highest BCUT2D eigenvalue weighted by molar-refractivity contribution is 8.00. The number of amides is 1. The maximum absolute atomic E-state index is 13.3. The van der Waals surface area contributed by atoms with Gasteiger partial charge in [-0.1, -0.05) is 0 Å². The summed E-state index contributed by atoms with van der Waals surface area (Å²) in [5.74, 6) is -3.83. The number of carbonyl (C=O) groups excluding carboxylic acids is 1. The normalized spacial score (nSPS) is 10.5. The first-order chi connectivity index (χ1) is 9.95. The van der Waals surface area contributed by atoms with Crippen LogP contribution in [-0.4, -0.2) is 11.7 Å². The minimum atomic E-state index is -0.787. The van der Waals surface area contributed by atoms with E-state index in [4.69, 9.17) is 0 Å². The van der Waals surface area contributed by atoms with Crippen LogP contribution in [0.15, 0.2) is 41.3 Å². The molecule has 2 nitrogen and oxygen atoms in total. The van der Waals surface area contributed by atoms with Crippen molar-refractivity contribution < 1.29 is 22.4 Å². The Morgan fingerprint density at radius 1 is 0.952 bits per heavy atom. The van der Waals surface area contributed by atoms with E-state index in [1.807, 2.05) is 0 Å². The molecule has 0 fully saturated rings. The predicted molar refractivity (Wildman–Crippen MR) is 72.1 cm³/mol. The summed E-state index contributed by atoms with van der Waals surface area (Å²) in [6.07, 6.45) is 0. The fourth-order valence-corrected chi connectivity index (χ4v) is 2.23.